The van der Waals surface area contributed by atoms with E-state index in [1.54, 1.807) is 0 Å². The standard InChI is InChI=1S/C7H12NO5P/c8-6(10)3-5(7(11)12)1-2-14(13)4-9/h1,9,14H,2-4H2,(H2,8,10)(H,11,12). The Hall–Kier alpha value is -1.13. The van der Waals surface area contributed by atoms with Gasteiger partial charge in [0.25, 0.3) is 0 Å². The molecule has 6 nitrogen and oxygen atoms in total. The van der Waals surface area contributed by atoms with Crippen LogP contribution in [0.15, 0.2) is 11.6 Å². The molecule has 0 aliphatic carbocycles. The molecule has 0 heterocycles. The number of allylic oxidation sites excluding steroid dienone is 1. The van der Waals surface area contributed by atoms with Crippen LogP contribution < -0.4 is 5.73 Å². The van der Waals surface area contributed by atoms with Crippen LogP contribution in [0.1, 0.15) is 6.42 Å². The SMILES string of the molecule is NC(=O)CC(=CC[PH](=O)CO)C(=O)O. The maximum atomic E-state index is 10.8. The molecule has 0 radical (unpaired) electrons. The molecule has 0 rings (SSSR count). The van der Waals surface area contributed by atoms with Crippen LogP contribution in [-0.2, 0) is 14.2 Å². The fourth-order valence-corrected chi connectivity index (χ4v) is 1.33. The third kappa shape index (κ3) is 5.50. The largest absolute Gasteiger partial charge is 0.478 e. The number of aliphatic hydroxyl groups excluding tert-OH is 1. The van der Waals surface area contributed by atoms with E-state index in [0.717, 1.165) is 6.08 Å². The number of aliphatic hydroxyl groups is 1. The maximum absolute atomic E-state index is 10.8. The lowest BCUT2D eigenvalue weighted by Crippen LogP contribution is -2.15. The van der Waals surface area contributed by atoms with Gasteiger partial charge in [-0.15, -0.1) is 0 Å². The number of rotatable bonds is 6. The fraction of sp³-hybridized carbons (Fsp3) is 0.429. The van der Waals surface area contributed by atoms with Gasteiger partial charge in [-0.25, -0.2) is 4.79 Å². The lowest BCUT2D eigenvalue weighted by atomic mass is 10.2. The molecule has 0 aromatic heterocycles. The number of carbonyl (C=O) groups is 2. The Morgan fingerprint density at radius 3 is 2.36 bits per heavy atom. The zero-order valence-electron chi connectivity index (χ0n) is 7.40. The molecule has 0 aliphatic heterocycles. The van der Waals surface area contributed by atoms with Crippen LogP contribution in [-0.4, -0.2) is 34.6 Å². The van der Waals surface area contributed by atoms with Gasteiger partial charge in [-0.3, -0.25) is 4.79 Å². The summed E-state index contributed by atoms with van der Waals surface area (Å²) in [6.07, 6.45) is 0.265. The molecule has 0 bridgehead atoms. The summed E-state index contributed by atoms with van der Waals surface area (Å²) in [4.78, 5) is 20.9. The van der Waals surface area contributed by atoms with Gasteiger partial charge in [0.15, 0.2) is 0 Å². The number of primary amides is 1. The Balaban J connectivity index is 4.41. The minimum absolute atomic E-state index is 0.0317. The number of carboxylic acid groups (broad SMARTS) is 1. The average molecular weight is 221 g/mol. The maximum Gasteiger partial charge on any atom is 0.331 e. The third-order valence-electron chi connectivity index (χ3n) is 1.39. The minimum atomic E-state index is -2.18. The van der Waals surface area contributed by atoms with Crippen LogP contribution in [0, 0.1) is 0 Å². The number of nitrogens with two attached hydrogens (primary N) is 1. The van der Waals surface area contributed by atoms with Crippen LogP contribution >= 0.6 is 7.80 Å². The molecule has 0 fully saturated rings. The molecule has 0 aromatic carbocycles. The van der Waals surface area contributed by atoms with Gasteiger partial charge in [0, 0.05) is 11.7 Å². The van der Waals surface area contributed by atoms with Crippen molar-refractivity contribution in [2.75, 3.05) is 12.5 Å². The lowest BCUT2D eigenvalue weighted by Gasteiger charge is -1.98. The number of hydrogen-bond acceptors (Lipinski definition) is 4. The summed E-state index contributed by atoms with van der Waals surface area (Å²) in [5, 5.41) is 17.0. The van der Waals surface area contributed by atoms with Crippen molar-refractivity contribution in [3.05, 3.63) is 11.6 Å². The van der Waals surface area contributed by atoms with Crippen LogP contribution in [0.5, 0.6) is 0 Å². The number of hydrogen-bond donors (Lipinski definition) is 3. The summed E-state index contributed by atoms with van der Waals surface area (Å²) in [5.74, 6) is -2.03. The van der Waals surface area contributed by atoms with E-state index in [1.807, 2.05) is 0 Å². The lowest BCUT2D eigenvalue weighted by molar-refractivity contribution is -0.133. The summed E-state index contributed by atoms with van der Waals surface area (Å²) in [6, 6.07) is 0. The molecular formula is C7H12NO5P. The zero-order valence-corrected chi connectivity index (χ0v) is 8.40. The monoisotopic (exact) mass is 221 g/mol. The van der Waals surface area contributed by atoms with Crippen LogP contribution in [0.3, 0.4) is 0 Å². The second-order valence-corrected chi connectivity index (χ2v) is 4.38. The van der Waals surface area contributed by atoms with Crippen molar-refractivity contribution in [1.82, 2.24) is 0 Å². The van der Waals surface area contributed by atoms with Gasteiger partial charge in [0.1, 0.15) is 7.80 Å². The fourth-order valence-electron chi connectivity index (χ4n) is 0.724. The highest BCUT2D eigenvalue weighted by atomic mass is 31.1. The first-order chi connectivity index (χ1) is 6.47. The highest BCUT2D eigenvalue weighted by molar-refractivity contribution is 7.44. The van der Waals surface area contributed by atoms with Gasteiger partial charge >= 0.3 is 5.97 Å². The van der Waals surface area contributed by atoms with E-state index >= 15 is 0 Å². The summed E-state index contributed by atoms with van der Waals surface area (Å²) >= 11 is 0. The van der Waals surface area contributed by atoms with Gasteiger partial charge < -0.3 is 20.5 Å². The van der Waals surface area contributed by atoms with E-state index in [-0.39, 0.29) is 11.7 Å². The molecule has 1 amide bonds. The van der Waals surface area contributed by atoms with Crippen molar-refractivity contribution in [2.24, 2.45) is 5.73 Å². The molecule has 0 saturated heterocycles. The summed E-state index contributed by atoms with van der Waals surface area (Å²) in [7, 11) is -2.18. The van der Waals surface area contributed by atoms with Gasteiger partial charge in [-0.05, 0) is 0 Å². The highest BCUT2D eigenvalue weighted by Crippen LogP contribution is 2.19. The molecule has 1 atom stereocenters. The van der Waals surface area contributed by atoms with Crippen molar-refractivity contribution in [1.29, 1.82) is 0 Å². The molecule has 7 heteroatoms. The Morgan fingerprint density at radius 1 is 1.43 bits per heavy atom. The molecule has 0 aliphatic rings. The van der Waals surface area contributed by atoms with Gasteiger partial charge in [-0.2, -0.15) is 0 Å². The predicted octanol–water partition coefficient (Wildman–Crippen LogP) is -0.618. The van der Waals surface area contributed by atoms with E-state index in [2.05, 4.69) is 0 Å². The Bertz CT molecular complexity index is 286. The van der Waals surface area contributed by atoms with Crippen LogP contribution in [0.4, 0.5) is 0 Å². The number of carboxylic acids is 1. The second-order valence-electron chi connectivity index (χ2n) is 2.58. The van der Waals surface area contributed by atoms with E-state index in [0.29, 0.717) is 0 Å². The molecule has 0 spiro atoms. The molecule has 4 N–H and O–H groups in total. The molecular weight excluding hydrogens is 209 g/mol. The Kier molecular flexibility index (Phi) is 5.83. The van der Waals surface area contributed by atoms with Crippen molar-refractivity contribution in [3.63, 3.8) is 0 Å². The van der Waals surface area contributed by atoms with Gasteiger partial charge in [-0.1, -0.05) is 6.08 Å². The van der Waals surface area contributed by atoms with Crippen molar-refractivity contribution in [2.45, 2.75) is 6.42 Å². The summed E-state index contributed by atoms with van der Waals surface area (Å²) in [6.45, 7) is 0. The first kappa shape index (κ1) is 12.9. The average Bonchev–Trinajstić information content (AvgIpc) is 2.10. The first-order valence-electron chi connectivity index (χ1n) is 3.80. The molecule has 1 unspecified atom stereocenters. The van der Waals surface area contributed by atoms with Crippen molar-refractivity contribution < 1.29 is 24.4 Å². The zero-order chi connectivity index (χ0) is 11.1. The molecule has 80 valence electrons. The number of amides is 1. The van der Waals surface area contributed by atoms with Gasteiger partial charge in [0.05, 0.1) is 12.8 Å². The highest BCUT2D eigenvalue weighted by Gasteiger charge is 2.10. The smallest absolute Gasteiger partial charge is 0.331 e. The number of carbonyl (C=O) groups excluding carboxylic acids is 1. The summed E-state index contributed by atoms with van der Waals surface area (Å²) in [5.41, 5.74) is 4.62. The molecule has 0 saturated carbocycles. The normalized spacial score (nSPS) is 13.6. The molecule has 14 heavy (non-hydrogen) atoms. The quantitative estimate of drug-likeness (QED) is 0.408. The summed E-state index contributed by atoms with van der Waals surface area (Å²) < 4.78 is 10.8. The first-order valence-corrected chi connectivity index (χ1v) is 5.62. The topological polar surface area (TPSA) is 118 Å². The molecule has 0 aromatic rings. The van der Waals surface area contributed by atoms with E-state index < -0.39 is 32.4 Å². The second kappa shape index (κ2) is 6.34. The number of aliphatic carboxylic acids is 1. The van der Waals surface area contributed by atoms with Crippen LogP contribution in [0.2, 0.25) is 0 Å². The minimum Gasteiger partial charge on any atom is -0.478 e. The Morgan fingerprint density at radius 2 is 2.00 bits per heavy atom. The van der Waals surface area contributed by atoms with Crippen molar-refractivity contribution >= 4 is 19.7 Å². The Labute approximate surface area is 81.2 Å². The van der Waals surface area contributed by atoms with Gasteiger partial charge in [0.2, 0.25) is 5.91 Å². The van der Waals surface area contributed by atoms with E-state index in [9.17, 15) is 14.2 Å². The third-order valence-corrected chi connectivity index (χ3v) is 2.40. The van der Waals surface area contributed by atoms with E-state index in [1.165, 1.54) is 0 Å². The predicted molar refractivity (Wildman–Crippen MR) is 50.5 cm³/mol. The van der Waals surface area contributed by atoms with Crippen LogP contribution in [0.25, 0.3) is 0 Å². The van der Waals surface area contributed by atoms with Crippen molar-refractivity contribution in [3.8, 4) is 0 Å². The van der Waals surface area contributed by atoms with E-state index in [4.69, 9.17) is 15.9 Å².